The highest BCUT2D eigenvalue weighted by atomic mass is 32.2. The molecule has 1 amide bonds. The molecular formula is C11H20N2O5S. The largest absolute Gasteiger partial charge is 0.481 e. The first-order valence-corrected chi connectivity index (χ1v) is 7.68. The lowest BCUT2D eigenvalue weighted by molar-refractivity contribution is -0.147. The monoisotopic (exact) mass is 292 g/mol. The van der Waals surface area contributed by atoms with E-state index in [0.29, 0.717) is 13.0 Å². The summed E-state index contributed by atoms with van der Waals surface area (Å²) in [6.45, 7) is 3.33. The SMILES string of the molecule is CCS(=O)(=O)N(C)CC(=O)N1CCC(C)(C(=O)O)C1. The summed E-state index contributed by atoms with van der Waals surface area (Å²) in [5.74, 6) is -1.36. The maximum Gasteiger partial charge on any atom is 0.311 e. The second-order valence-corrected chi connectivity index (χ2v) is 7.45. The number of carbonyl (C=O) groups is 2. The molecular weight excluding hydrogens is 272 g/mol. The molecule has 8 heteroatoms. The van der Waals surface area contributed by atoms with Gasteiger partial charge in [-0.25, -0.2) is 8.42 Å². The standard InChI is InChI=1S/C11H20N2O5S/c1-4-19(17,18)12(3)7-9(14)13-6-5-11(2,8-13)10(15)16/h4-8H2,1-3H3,(H,15,16). The molecule has 1 saturated heterocycles. The van der Waals surface area contributed by atoms with E-state index in [4.69, 9.17) is 5.11 Å². The zero-order valence-electron chi connectivity index (χ0n) is 11.4. The van der Waals surface area contributed by atoms with Crippen LogP contribution in [-0.2, 0) is 19.6 Å². The summed E-state index contributed by atoms with van der Waals surface area (Å²) in [5, 5.41) is 9.08. The van der Waals surface area contributed by atoms with Gasteiger partial charge in [0.25, 0.3) is 0 Å². The Labute approximate surface area is 113 Å². The van der Waals surface area contributed by atoms with Crippen molar-refractivity contribution in [2.75, 3.05) is 32.4 Å². The van der Waals surface area contributed by atoms with Crippen LogP contribution in [0.5, 0.6) is 0 Å². The molecule has 0 spiro atoms. The van der Waals surface area contributed by atoms with Gasteiger partial charge >= 0.3 is 5.97 Å². The van der Waals surface area contributed by atoms with E-state index in [1.165, 1.54) is 18.9 Å². The van der Waals surface area contributed by atoms with Crippen molar-refractivity contribution in [3.8, 4) is 0 Å². The van der Waals surface area contributed by atoms with Crippen molar-refractivity contribution >= 4 is 21.9 Å². The predicted molar refractivity (Wildman–Crippen MR) is 69.0 cm³/mol. The fraction of sp³-hybridized carbons (Fsp3) is 0.818. The van der Waals surface area contributed by atoms with Crippen molar-refractivity contribution in [1.82, 2.24) is 9.21 Å². The van der Waals surface area contributed by atoms with Gasteiger partial charge in [-0.1, -0.05) is 0 Å². The first kappa shape index (κ1) is 15.9. The topological polar surface area (TPSA) is 95.0 Å². The Morgan fingerprint density at radius 1 is 1.42 bits per heavy atom. The average molecular weight is 292 g/mol. The molecule has 0 bridgehead atoms. The number of aliphatic carboxylic acids is 1. The van der Waals surface area contributed by atoms with Crippen LogP contribution in [0.25, 0.3) is 0 Å². The lowest BCUT2D eigenvalue weighted by atomic mass is 9.90. The van der Waals surface area contributed by atoms with Crippen LogP contribution >= 0.6 is 0 Å². The van der Waals surface area contributed by atoms with E-state index in [0.717, 1.165) is 4.31 Å². The van der Waals surface area contributed by atoms with Crippen LogP contribution < -0.4 is 0 Å². The molecule has 1 rings (SSSR count). The van der Waals surface area contributed by atoms with E-state index in [-0.39, 0.29) is 24.7 Å². The molecule has 1 heterocycles. The lowest BCUT2D eigenvalue weighted by Crippen LogP contribution is -2.42. The molecule has 1 unspecified atom stereocenters. The smallest absolute Gasteiger partial charge is 0.311 e. The molecule has 1 aliphatic rings. The van der Waals surface area contributed by atoms with Crippen molar-refractivity contribution in [2.24, 2.45) is 5.41 Å². The highest BCUT2D eigenvalue weighted by molar-refractivity contribution is 7.89. The zero-order chi connectivity index (χ0) is 14.8. The number of hydrogen-bond acceptors (Lipinski definition) is 4. The minimum absolute atomic E-state index is 0.0659. The van der Waals surface area contributed by atoms with E-state index in [9.17, 15) is 18.0 Å². The predicted octanol–water partition coefficient (Wildman–Crippen LogP) is -0.409. The molecule has 0 aromatic heterocycles. The van der Waals surface area contributed by atoms with Crippen LogP contribution in [0.15, 0.2) is 0 Å². The number of carboxylic acids is 1. The number of amides is 1. The molecule has 1 fully saturated rings. The molecule has 1 aliphatic heterocycles. The summed E-state index contributed by atoms with van der Waals surface area (Å²) in [6.07, 6.45) is 0.387. The maximum absolute atomic E-state index is 12.0. The van der Waals surface area contributed by atoms with Gasteiger partial charge in [-0.05, 0) is 20.3 Å². The third-order valence-corrected chi connectivity index (χ3v) is 5.35. The normalized spacial score (nSPS) is 23.9. The number of likely N-dealkylation sites (N-methyl/N-ethyl adjacent to an activating group) is 1. The highest BCUT2D eigenvalue weighted by Gasteiger charge is 2.42. The molecule has 7 nitrogen and oxygen atoms in total. The van der Waals surface area contributed by atoms with Gasteiger partial charge in [0.2, 0.25) is 15.9 Å². The van der Waals surface area contributed by atoms with Crippen LogP contribution in [0, 0.1) is 5.41 Å². The summed E-state index contributed by atoms with van der Waals surface area (Å²) >= 11 is 0. The Morgan fingerprint density at radius 2 is 2.00 bits per heavy atom. The first-order valence-electron chi connectivity index (χ1n) is 6.07. The van der Waals surface area contributed by atoms with Gasteiger partial charge in [-0.3, -0.25) is 9.59 Å². The first-order chi connectivity index (χ1) is 8.62. The number of rotatable bonds is 5. The molecule has 0 aromatic carbocycles. The van der Waals surface area contributed by atoms with Gasteiger partial charge in [-0.2, -0.15) is 4.31 Å². The minimum atomic E-state index is -3.40. The Balaban J connectivity index is 2.65. The molecule has 1 atom stereocenters. The molecule has 0 radical (unpaired) electrons. The fourth-order valence-corrected chi connectivity index (χ4v) is 2.71. The Kier molecular flexibility index (Phi) is 4.57. The van der Waals surface area contributed by atoms with Crippen molar-refractivity contribution in [3.63, 3.8) is 0 Å². The zero-order valence-corrected chi connectivity index (χ0v) is 12.2. The number of carbonyl (C=O) groups excluding carboxylic acids is 1. The molecule has 1 N–H and O–H groups in total. The second-order valence-electron chi connectivity index (χ2n) is 5.09. The third kappa shape index (κ3) is 3.44. The number of sulfonamides is 1. The van der Waals surface area contributed by atoms with Crippen LogP contribution in [0.4, 0.5) is 0 Å². The van der Waals surface area contributed by atoms with Crippen LogP contribution in [0.1, 0.15) is 20.3 Å². The van der Waals surface area contributed by atoms with Gasteiger partial charge in [0.05, 0.1) is 17.7 Å². The van der Waals surface area contributed by atoms with Gasteiger partial charge in [-0.15, -0.1) is 0 Å². The summed E-state index contributed by atoms with van der Waals surface area (Å²) in [6, 6.07) is 0. The summed E-state index contributed by atoms with van der Waals surface area (Å²) in [7, 11) is -2.05. The van der Waals surface area contributed by atoms with Crippen LogP contribution in [0.2, 0.25) is 0 Å². The molecule has 0 aromatic rings. The van der Waals surface area contributed by atoms with Crippen LogP contribution in [-0.4, -0.2) is 67.0 Å². The van der Waals surface area contributed by atoms with Crippen LogP contribution in [0.3, 0.4) is 0 Å². The highest BCUT2D eigenvalue weighted by Crippen LogP contribution is 2.30. The Hall–Kier alpha value is -1.15. The van der Waals surface area contributed by atoms with E-state index < -0.39 is 21.4 Å². The minimum Gasteiger partial charge on any atom is -0.481 e. The molecule has 110 valence electrons. The van der Waals surface area contributed by atoms with Crippen molar-refractivity contribution in [2.45, 2.75) is 20.3 Å². The van der Waals surface area contributed by atoms with Gasteiger partial charge in [0.15, 0.2) is 0 Å². The lowest BCUT2D eigenvalue weighted by Gasteiger charge is -2.22. The number of hydrogen-bond donors (Lipinski definition) is 1. The summed E-state index contributed by atoms with van der Waals surface area (Å²) in [4.78, 5) is 24.4. The molecule has 0 aliphatic carbocycles. The van der Waals surface area contributed by atoms with Gasteiger partial charge in [0.1, 0.15) is 0 Å². The van der Waals surface area contributed by atoms with Crippen molar-refractivity contribution in [3.05, 3.63) is 0 Å². The average Bonchev–Trinajstić information content (AvgIpc) is 2.73. The summed E-state index contributed by atoms with van der Waals surface area (Å²) < 4.78 is 24.1. The van der Waals surface area contributed by atoms with E-state index in [1.54, 1.807) is 6.92 Å². The van der Waals surface area contributed by atoms with E-state index in [1.807, 2.05) is 0 Å². The number of nitrogens with zero attached hydrogens (tertiary/aromatic N) is 2. The Morgan fingerprint density at radius 3 is 2.42 bits per heavy atom. The molecule has 0 saturated carbocycles. The number of carboxylic acid groups (broad SMARTS) is 1. The van der Waals surface area contributed by atoms with E-state index in [2.05, 4.69) is 0 Å². The van der Waals surface area contributed by atoms with Gasteiger partial charge < -0.3 is 10.0 Å². The molecule has 19 heavy (non-hydrogen) atoms. The third-order valence-electron chi connectivity index (χ3n) is 3.54. The summed E-state index contributed by atoms with van der Waals surface area (Å²) in [5.41, 5.74) is -0.933. The number of likely N-dealkylation sites (tertiary alicyclic amines) is 1. The van der Waals surface area contributed by atoms with E-state index >= 15 is 0 Å². The van der Waals surface area contributed by atoms with Crippen molar-refractivity contribution < 1.29 is 23.1 Å². The quantitative estimate of drug-likeness (QED) is 0.743. The Bertz CT molecular complexity index is 475. The second kappa shape index (κ2) is 5.46. The van der Waals surface area contributed by atoms with Gasteiger partial charge in [0, 0.05) is 20.1 Å². The fourth-order valence-electron chi connectivity index (χ4n) is 1.96. The maximum atomic E-state index is 12.0. The van der Waals surface area contributed by atoms with Crippen molar-refractivity contribution in [1.29, 1.82) is 0 Å².